The molecule has 1 aliphatic carbocycles. The minimum atomic E-state index is -2.66. The lowest BCUT2D eigenvalue weighted by atomic mass is 9.81. The summed E-state index contributed by atoms with van der Waals surface area (Å²) in [5.41, 5.74) is -0.194. The van der Waals surface area contributed by atoms with Gasteiger partial charge in [0.05, 0.1) is 4.47 Å². The van der Waals surface area contributed by atoms with Crippen LogP contribution in [0.15, 0.2) is 10.7 Å². The highest BCUT2D eigenvalue weighted by molar-refractivity contribution is 9.10. The van der Waals surface area contributed by atoms with Gasteiger partial charge in [0, 0.05) is 25.0 Å². The van der Waals surface area contributed by atoms with Gasteiger partial charge < -0.3 is 5.11 Å². The van der Waals surface area contributed by atoms with Crippen LogP contribution in [0.4, 0.5) is 8.78 Å². The van der Waals surface area contributed by atoms with Gasteiger partial charge in [-0.15, -0.1) is 0 Å². The van der Waals surface area contributed by atoms with E-state index in [2.05, 4.69) is 25.9 Å². The first-order valence-electron chi connectivity index (χ1n) is 4.52. The lowest BCUT2D eigenvalue weighted by Gasteiger charge is -2.33. The van der Waals surface area contributed by atoms with E-state index in [1.165, 1.54) is 6.20 Å². The lowest BCUT2D eigenvalue weighted by molar-refractivity contribution is -0.0885. The van der Waals surface area contributed by atoms with Crippen LogP contribution in [0, 0.1) is 0 Å². The van der Waals surface area contributed by atoms with Crippen molar-refractivity contribution in [3.8, 4) is 0 Å². The van der Waals surface area contributed by atoms with Crippen molar-refractivity contribution in [3.63, 3.8) is 0 Å². The molecule has 7 heteroatoms. The van der Waals surface area contributed by atoms with E-state index in [9.17, 15) is 13.6 Å². The predicted molar refractivity (Wildman–Crippen MR) is 53.6 cm³/mol. The Morgan fingerprint density at radius 2 is 2.19 bits per heavy atom. The molecule has 0 spiro atoms. The molecule has 1 aromatic heterocycles. The summed E-state index contributed by atoms with van der Waals surface area (Å²) in [6.07, 6.45) is 0.656. The molecule has 1 fully saturated rings. The number of nitrogens with zero attached hydrogens (tertiary/aromatic N) is 2. The lowest BCUT2D eigenvalue weighted by Crippen LogP contribution is -2.34. The van der Waals surface area contributed by atoms with Crippen LogP contribution in [-0.2, 0) is 0 Å². The van der Waals surface area contributed by atoms with Gasteiger partial charge in [0.25, 0.3) is 0 Å². The maximum absolute atomic E-state index is 12.6. The number of carbonyl (C=O) groups is 1. The molecular formula is C9H7BrF2N2O2. The van der Waals surface area contributed by atoms with Crippen LogP contribution in [0.25, 0.3) is 0 Å². The summed E-state index contributed by atoms with van der Waals surface area (Å²) in [5.74, 6) is -4.14. The standard InChI is InChI=1S/C9H7BrF2N2O2/c10-5-3-13-7(14-6(5)8(15)16)4-1-9(11,12)2-4/h3-4H,1-2H2,(H,15,16). The second-order valence-corrected chi connectivity index (χ2v) is 4.55. The second-order valence-electron chi connectivity index (χ2n) is 3.69. The Labute approximate surface area is 97.8 Å². The molecule has 0 aliphatic heterocycles. The molecule has 1 aliphatic rings. The van der Waals surface area contributed by atoms with E-state index in [0.29, 0.717) is 0 Å². The normalized spacial score (nSPS) is 19.2. The number of carboxylic acid groups (broad SMARTS) is 1. The smallest absolute Gasteiger partial charge is 0.355 e. The summed E-state index contributed by atoms with van der Waals surface area (Å²) in [6.45, 7) is 0. The summed E-state index contributed by atoms with van der Waals surface area (Å²) < 4.78 is 25.5. The average molecular weight is 293 g/mol. The van der Waals surface area contributed by atoms with Gasteiger partial charge in [-0.1, -0.05) is 0 Å². The van der Waals surface area contributed by atoms with Gasteiger partial charge >= 0.3 is 5.97 Å². The van der Waals surface area contributed by atoms with Crippen molar-refractivity contribution < 1.29 is 18.7 Å². The molecule has 0 saturated heterocycles. The number of hydrogen-bond donors (Lipinski definition) is 1. The molecule has 4 nitrogen and oxygen atoms in total. The van der Waals surface area contributed by atoms with E-state index in [4.69, 9.17) is 5.11 Å². The number of rotatable bonds is 2. The summed E-state index contributed by atoms with van der Waals surface area (Å²) in [7, 11) is 0. The van der Waals surface area contributed by atoms with Crippen molar-refractivity contribution in [1.82, 2.24) is 9.97 Å². The molecule has 1 aromatic rings. The molecule has 0 radical (unpaired) electrons. The zero-order valence-corrected chi connectivity index (χ0v) is 9.54. The number of aromatic nitrogens is 2. The minimum Gasteiger partial charge on any atom is -0.476 e. The molecule has 1 saturated carbocycles. The molecule has 0 amide bonds. The highest BCUT2D eigenvalue weighted by atomic mass is 79.9. The Kier molecular flexibility index (Phi) is 2.65. The number of alkyl halides is 2. The maximum atomic E-state index is 12.6. The number of halogens is 3. The third-order valence-electron chi connectivity index (χ3n) is 2.42. The quantitative estimate of drug-likeness (QED) is 0.909. The molecule has 1 N–H and O–H groups in total. The Morgan fingerprint density at radius 3 is 2.69 bits per heavy atom. The Morgan fingerprint density at radius 1 is 1.56 bits per heavy atom. The second kappa shape index (κ2) is 3.73. The van der Waals surface area contributed by atoms with Crippen molar-refractivity contribution in [1.29, 1.82) is 0 Å². The van der Waals surface area contributed by atoms with E-state index in [1.807, 2.05) is 0 Å². The predicted octanol–water partition coefficient (Wildman–Crippen LogP) is 2.45. The zero-order valence-electron chi connectivity index (χ0n) is 7.95. The zero-order chi connectivity index (χ0) is 11.9. The topological polar surface area (TPSA) is 63.1 Å². The van der Waals surface area contributed by atoms with Crippen molar-refractivity contribution >= 4 is 21.9 Å². The van der Waals surface area contributed by atoms with Gasteiger partial charge in [-0.05, 0) is 15.9 Å². The van der Waals surface area contributed by atoms with Gasteiger partial charge in [0.1, 0.15) is 5.82 Å². The van der Waals surface area contributed by atoms with E-state index in [0.717, 1.165) is 0 Å². The largest absolute Gasteiger partial charge is 0.476 e. The van der Waals surface area contributed by atoms with Crippen LogP contribution < -0.4 is 0 Å². The third kappa shape index (κ3) is 2.04. The number of aromatic carboxylic acids is 1. The van der Waals surface area contributed by atoms with E-state index in [-0.39, 0.29) is 28.8 Å². The number of carboxylic acids is 1. The van der Waals surface area contributed by atoms with E-state index in [1.54, 1.807) is 0 Å². The fraction of sp³-hybridized carbons (Fsp3) is 0.444. The first-order valence-corrected chi connectivity index (χ1v) is 5.32. The van der Waals surface area contributed by atoms with Gasteiger partial charge in [-0.25, -0.2) is 23.5 Å². The monoisotopic (exact) mass is 292 g/mol. The summed E-state index contributed by atoms with van der Waals surface area (Å²) in [6, 6.07) is 0. The average Bonchev–Trinajstić information content (AvgIpc) is 2.14. The molecule has 0 atom stereocenters. The van der Waals surface area contributed by atoms with Gasteiger partial charge in [-0.3, -0.25) is 0 Å². The van der Waals surface area contributed by atoms with Crippen LogP contribution in [0.3, 0.4) is 0 Å². The molecule has 0 bridgehead atoms. The summed E-state index contributed by atoms with van der Waals surface area (Å²) >= 11 is 2.99. The SMILES string of the molecule is O=C(O)c1nc(C2CC(F)(F)C2)ncc1Br. The Balaban J connectivity index is 2.24. The minimum absolute atomic E-state index is 0.173. The molecule has 0 unspecified atom stereocenters. The van der Waals surface area contributed by atoms with Crippen molar-refractivity contribution in [3.05, 3.63) is 22.2 Å². The highest BCUT2D eigenvalue weighted by Crippen LogP contribution is 2.47. The summed E-state index contributed by atoms with van der Waals surface area (Å²) in [5, 5.41) is 8.80. The molecule has 2 rings (SSSR count). The van der Waals surface area contributed by atoms with E-state index < -0.39 is 17.8 Å². The molecule has 0 aromatic carbocycles. The third-order valence-corrected chi connectivity index (χ3v) is 3.00. The van der Waals surface area contributed by atoms with Crippen LogP contribution in [0.2, 0.25) is 0 Å². The van der Waals surface area contributed by atoms with Crippen molar-refractivity contribution in [2.45, 2.75) is 24.7 Å². The Hall–Kier alpha value is -1.11. The fourth-order valence-corrected chi connectivity index (χ4v) is 1.93. The van der Waals surface area contributed by atoms with Gasteiger partial charge in [-0.2, -0.15) is 0 Å². The molecule has 1 heterocycles. The summed E-state index contributed by atoms with van der Waals surface area (Å²) in [4.78, 5) is 18.4. The van der Waals surface area contributed by atoms with Crippen LogP contribution in [0.5, 0.6) is 0 Å². The highest BCUT2D eigenvalue weighted by Gasteiger charge is 2.47. The van der Waals surface area contributed by atoms with E-state index >= 15 is 0 Å². The first kappa shape index (κ1) is 11.4. The Bertz CT molecular complexity index is 445. The van der Waals surface area contributed by atoms with Gasteiger partial charge in [0.15, 0.2) is 5.69 Å². The molecule has 86 valence electrons. The first-order chi connectivity index (χ1) is 7.39. The van der Waals surface area contributed by atoms with Gasteiger partial charge in [0.2, 0.25) is 5.92 Å². The van der Waals surface area contributed by atoms with Crippen LogP contribution in [-0.4, -0.2) is 27.0 Å². The fourth-order valence-electron chi connectivity index (χ4n) is 1.57. The van der Waals surface area contributed by atoms with Crippen molar-refractivity contribution in [2.24, 2.45) is 0 Å². The number of hydrogen-bond acceptors (Lipinski definition) is 3. The van der Waals surface area contributed by atoms with Crippen molar-refractivity contribution in [2.75, 3.05) is 0 Å². The molecular weight excluding hydrogens is 286 g/mol. The van der Waals surface area contributed by atoms with Crippen LogP contribution >= 0.6 is 15.9 Å². The van der Waals surface area contributed by atoms with Crippen LogP contribution in [0.1, 0.15) is 35.1 Å². The maximum Gasteiger partial charge on any atom is 0.355 e. The molecule has 16 heavy (non-hydrogen) atoms.